The summed E-state index contributed by atoms with van der Waals surface area (Å²) in [5.74, 6) is 0.627. The van der Waals surface area contributed by atoms with E-state index in [2.05, 4.69) is 5.32 Å². The molecule has 1 aromatic rings. The maximum Gasteiger partial charge on any atom is 0.412 e. The van der Waals surface area contributed by atoms with E-state index < -0.39 is 11.7 Å². The number of carbonyl (C=O) groups is 1. The molecule has 0 atom stereocenters. The number of amides is 1. The molecule has 0 aliphatic heterocycles. The first-order valence-electron chi connectivity index (χ1n) is 6.21. The Balaban J connectivity index is 2.54. The van der Waals surface area contributed by atoms with Gasteiger partial charge < -0.3 is 14.2 Å². The largest absolute Gasteiger partial charge is 0.467 e. The summed E-state index contributed by atoms with van der Waals surface area (Å²) in [5, 5.41) is 2.65. The van der Waals surface area contributed by atoms with Crippen LogP contribution < -0.4 is 10.1 Å². The van der Waals surface area contributed by atoms with Crippen molar-refractivity contribution < 1.29 is 19.0 Å². The van der Waals surface area contributed by atoms with Crippen molar-refractivity contribution in [2.45, 2.75) is 33.3 Å². The summed E-state index contributed by atoms with van der Waals surface area (Å²) in [6.07, 6.45) is -0.491. The minimum Gasteiger partial charge on any atom is -0.467 e. The average molecular weight is 267 g/mol. The van der Waals surface area contributed by atoms with Gasteiger partial charge >= 0.3 is 6.09 Å². The Labute approximate surface area is 113 Å². The quantitative estimate of drug-likeness (QED) is 0.656. The van der Waals surface area contributed by atoms with Crippen molar-refractivity contribution in [2.24, 2.45) is 0 Å². The van der Waals surface area contributed by atoms with Crippen LogP contribution in [0.4, 0.5) is 10.5 Å². The summed E-state index contributed by atoms with van der Waals surface area (Å²) in [5.41, 5.74) is 0.0934. The molecule has 0 spiro atoms. The fourth-order valence-corrected chi connectivity index (χ4v) is 1.28. The van der Waals surface area contributed by atoms with E-state index in [-0.39, 0.29) is 6.79 Å². The van der Waals surface area contributed by atoms with E-state index in [1.165, 1.54) is 0 Å². The smallest absolute Gasteiger partial charge is 0.412 e. The highest BCUT2D eigenvalue weighted by Crippen LogP contribution is 2.18. The lowest BCUT2D eigenvalue weighted by molar-refractivity contribution is 0.0224. The topological polar surface area (TPSA) is 56.8 Å². The van der Waals surface area contributed by atoms with Crippen molar-refractivity contribution in [3.63, 3.8) is 0 Å². The highest BCUT2D eigenvalue weighted by Gasteiger charge is 2.16. The number of carbonyl (C=O) groups excluding carboxylic acids is 1. The standard InChI is InChI=1S/C14H21NO4/c1-5-17-10-18-12-8-6-7-11(9-12)15-13(16)19-14(2,3)4/h6-9H,5,10H2,1-4H3,(H,15,16). The number of anilines is 1. The third kappa shape index (κ3) is 6.67. The van der Waals surface area contributed by atoms with Crippen LogP contribution in [0.15, 0.2) is 24.3 Å². The molecular formula is C14H21NO4. The lowest BCUT2D eigenvalue weighted by Gasteiger charge is -2.19. The summed E-state index contributed by atoms with van der Waals surface area (Å²) in [4.78, 5) is 11.6. The minimum atomic E-state index is -0.521. The molecule has 0 saturated carbocycles. The zero-order chi connectivity index (χ0) is 14.3. The SMILES string of the molecule is CCOCOc1cccc(NC(=O)OC(C)(C)C)c1. The molecule has 0 radical (unpaired) electrons. The number of hydrogen-bond acceptors (Lipinski definition) is 4. The molecule has 0 aromatic heterocycles. The van der Waals surface area contributed by atoms with Gasteiger partial charge in [0.05, 0.1) is 0 Å². The fraction of sp³-hybridized carbons (Fsp3) is 0.500. The van der Waals surface area contributed by atoms with Gasteiger partial charge in [0.2, 0.25) is 0 Å². The second-order valence-electron chi connectivity index (χ2n) is 4.91. The second kappa shape index (κ2) is 6.99. The van der Waals surface area contributed by atoms with Crippen LogP contribution >= 0.6 is 0 Å². The van der Waals surface area contributed by atoms with Gasteiger partial charge in [0.15, 0.2) is 6.79 Å². The molecule has 0 saturated heterocycles. The molecule has 1 aromatic carbocycles. The third-order valence-electron chi connectivity index (χ3n) is 1.99. The lowest BCUT2D eigenvalue weighted by atomic mass is 10.2. The molecule has 0 fully saturated rings. The first-order chi connectivity index (χ1) is 8.90. The normalized spacial score (nSPS) is 10.9. The highest BCUT2D eigenvalue weighted by molar-refractivity contribution is 5.85. The van der Waals surface area contributed by atoms with E-state index in [0.717, 1.165) is 0 Å². The molecule has 1 N–H and O–H groups in total. The van der Waals surface area contributed by atoms with Crippen LogP contribution in [0.1, 0.15) is 27.7 Å². The van der Waals surface area contributed by atoms with Gasteiger partial charge in [-0.3, -0.25) is 5.32 Å². The predicted molar refractivity (Wildman–Crippen MR) is 73.4 cm³/mol. The Morgan fingerprint density at radius 2 is 2.05 bits per heavy atom. The number of nitrogens with one attached hydrogen (secondary N) is 1. The van der Waals surface area contributed by atoms with Gasteiger partial charge in [0.25, 0.3) is 0 Å². The first kappa shape index (κ1) is 15.3. The molecule has 0 unspecified atom stereocenters. The molecular weight excluding hydrogens is 246 g/mol. The number of ether oxygens (including phenoxy) is 3. The van der Waals surface area contributed by atoms with Crippen molar-refractivity contribution in [1.29, 1.82) is 0 Å². The van der Waals surface area contributed by atoms with Gasteiger partial charge in [-0.05, 0) is 39.8 Å². The molecule has 0 bridgehead atoms. The number of rotatable bonds is 5. The van der Waals surface area contributed by atoms with E-state index in [0.29, 0.717) is 18.0 Å². The molecule has 0 aliphatic rings. The lowest BCUT2D eigenvalue weighted by Crippen LogP contribution is -2.27. The van der Waals surface area contributed by atoms with Crippen molar-refractivity contribution in [3.05, 3.63) is 24.3 Å². The Hall–Kier alpha value is -1.75. The monoisotopic (exact) mass is 267 g/mol. The van der Waals surface area contributed by atoms with Crippen LogP contribution in [-0.4, -0.2) is 25.1 Å². The van der Waals surface area contributed by atoms with Gasteiger partial charge in [-0.15, -0.1) is 0 Å². The van der Waals surface area contributed by atoms with Crippen LogP contribution in [0.5, 0.6) is 5.75 Å². The first-order valence-corrected chi connectivity index (χ1v) is 6.21. The zero-order valence-electron chi connectivity index (χ0n) is 11.9. The van der Waals surface area contributed by atoms with E-state index in [1.54, 1.807) is 24.3 Å². The number of hydrogen-bond donors (Lipinski definition) is 1. The van der Waals surface area contributed by atoms with Crippen LogP contribution in [0.3, 0.4) is 0 Å². The second-order valence-corrected chi connectivity index (χ2v) is 4.91. The third-order valence-corrected chi connectivity index (χ3v) is 1.99. The number of benzene rings is 1. The molecule has 1 amide bonds. The summed E-state index contributed by atoms with van der Waals surface area (Å²) in [7, 11) is 0. The molecule has 0 aliphatic carbocycles. The summed E-state index contributed by atoms with van der Waals surface area (Å²) in [6, 6.07) is 7.05. The summed E-state index contributed by atoms with van der Waals surface area (Å²) < 4.78 is 15.6. The Morgan fingerprint density at radius 1 is 1.32 bits per heavy atom. The van der Waals surface area contributed by atoms with E-state index in [1.807, 2.05) is 27.7 Å². The Kier molecular flexibility index (Phi) is 5.63. The molecule has 5 nitrogen and oxygen atoms in total. The van der Waals surface area contributed by atoms with Crippen LogP contribution in [0.2, 0.25) is 0 Å². The molecule has 1 rings (SSSR count). The van der Waals surface area contributed by atoms with Gasteiger partial charge in [-0.2, -0.15) is 0 Å². The predicted octanol–water partition coefficient (Wildman–Crippen LogP) is 3.41. The highest BCUT2D eigenvalue weighted by atomic mass is 16.7. The van der Waals surface area contributed by atoms with Crippen molar-refractivity contribution in [2.75, 3.05) is 18.7 Å². The van der Waals surface area contributed by atoms with Crippen molar-refractivity contribution >= 4 is 11.8 Å². The molecule has 5 heteroatoms. The van der Waals surface area contributed by atoms with Crippen LogP contribution in [-0.2, 0) is 9.47 Å². The average Bonchev–Trinajstić information content (AvgIpc) is 2.27. The maximum absolute atomic E-state index is 11.6. The van der Waals surface area contributed by atoms with Gasteiger partial charge in [0.1, 0.15) is 11.4 Å². The molecule has 106 valence electrons. The summed E-state index contributed by atoms with van der Waals surface area (Å²) >= 11 is 0. The van der Waals surface area contributed by atoms with E-state index in [9.17, 15) is 4.79 Å². The van der Waals surface area contributed by atoms with Crippen LogP contribution in [0.25, 0.3) is 0 Å². The minimum absolute atomic E-state index is 0.187. The molecule has 0 heterocycles. The van der Waals surface area contributed by atoms with Gasteiger partial charge in [-0.1, -0.05) is 6.07 Å². The van der Waals surface area contributed by atoms with Crippen LogP contribution in [0, 0.1) is 0 Å². The van der Waals surface area contributed by atoms with Crippen molar-refractivity contribution in [1.82, 2.24) is 0 Å². The zero-order valence-corrected chi connectivity index (χ0v) is 11.9. The van der Waals surface area contributed by atoms with Gasteiger partial charge in [-0.25, -0.2) is 4.79 Å². The fourth-order valence-electron chi connectivity index (χ4n) is 1.28. The maximum atomic E-state index is 11.6. The van der Waals surface area contributed by atoms with Crippen molar-refractivity contribution in [3.8, 4) is 5.75 Å². The van der Waals surface area contributed by atoms with E-state index >= 15 is 0 Å². The van der Waals surface area contributed by atoms with E-state index in [4.69, 9.17) is 14.2 Å². The Morgan fingerprint density at radius 3 is 2.68 bits per heavy atom. The van der Waals surface area contributed by atoms with Gasteiger partial charge in [0, 0.05) is 18.4 Å². The summed E-state index contributed by atoms with van der Waals surface area (Å²) in [6.45, 7) is 8.11. The molecule has 19 heavy (non-hydrogen) atoms. The Bertz CT molecular complexity index is 412.